The maximum absolute atomic E-state index is 5.91. The van der Waals surface area contributed by atoms with Crippen molar-refractivity contribution in [3.8, 4) is 5.75 Å². The Morgan fingerprint density at radius 1 is 1.11 bits per heavy atom. The molecule has 0 aromatic heterocycles. The van der Waals surface area contributed by atoms with Gasteiger partial charge in [0.1, 0.15) is 5.75 Å². The summed E-state index contributed by atoms with van der Waals surface area (Å²) < 4.78 is 5.60. The van der Waals surface area contributed by atoms with Gasteiger partial charge in [0.05, 0.1) is 6.61 Å². The standard InChI is InChI=1S/C14H14ClNOS/c15-11-2-1-3-14(10-11)18-9-8-17-13-6-4-12(16)5-7-13/h1-7,10H,8-9,16H2. The lowest BCUT2D eigenvalue weighted by Crippen LogP contribution is -2.00. The molecule has 0 saturated heterocycles. The van der Waals surface area contributed by atoms with Crippen LogP contribution < -0.4 is 10.5 Å². The maximum Gasteiger partial charge on any atom is 0.119 e. The number of nitrogen functional groups attached to an aromatic ring is 1. The Kier molecular flexibility index (Phi) is 4.79. The highest BCUT2D eigenvalue weighted by Crippen LogP contribution is 2.21. The fraction of sp³-hybridized carbons (Fsp3) is 0.143. The largest absolute Gasteiger partial charge is 0.493 e. The van der Waals surface area contributed by atoms with E-state index >= 15 is 0 Å². The Labute approximate surface area is 116 Å². The molecule has 0 radical (unpaired) electrons. The summed E-state index contributed by atoms with van der Waals surface area (Å²) in [5, 5.41) is 0.763. The number of nitrogens with two attached hydrogens (primary N) is 1. The zero-order valence-corrected chi connectivity index (χ0v) is 11.4. The SMILES string of the molecule is Nc1ccc(OCCSc2cccc(Cl)c2)cc1. The molecule has 0 amide bonds. The van der Waals surface area contributed by atoms with Crippen molar-refractivity contribution < 1.29 is 4.74 Å². The first-order valence-corrected chi connectivity index (χ1v) is 6.97. The van der Waals surface area contributed by atoms with Gasteiger partial charge in [-0.25, -0.2) is 0 Å². The summed E-state index contributed by atoms with van der Waals surface area (Å²) >= 11 is 7.63. The average Bonchev–Trinajstić information content (AvgIpc) is 2.37. The third-order valence-corrected chi connectivity index (χ3v) is 3.49. The van der Waals surface area contributed by atoms with Gasteiger partial charge >= 0.3 is 0 Å². The van der Waals surface area contributed by atoms with E-state index in [4.69, 9.17) is 22.1 Å². The molecule has 18 heavy (non-hydrogen) atoms. The first-order valence-electron chi connectivity index (χ1n) is 5.61. The highest BCUT2D eigenvalue weighted by molar-refractivity contribution is 7.99. The molecular formula is C14H14ClNOS. The quantitative estimate of drug-likeness (QED) is 0.509. The Morgan fingerprint density at radius 2 is 1.89 bits per heavy atom. The fourth-order valence-corrected chi connectivity index (χ4v) is 2.48. The maximum atomic E-state index is 5.91. The van der Waals surface area contributed by atoms with E-state index in [-0.39, 0.29) is 0 Å². The molecule has 2 N–H and O–H groups in total. The first-order chi connectivity index (χ1) is 8.74. The molecule has 0 heterocycles. The third kappa shape index (κ3) is 4.17. The summed E-state index contributed by atoms with van der Waals surface area (Å²) in [5.41, 5.74) is 6.35. The number of anilines is 1. The Hall–Kier alpha value is -1.32. The molecule has 0 unspecified atom stereocenters. The highest BCUT2D eigenvalue weighted by Gasteiger charge is 1.97. The van der Waals surface area contributed by atoms with Crippen LogP contribution in [0.3, 0.4) is 0 Å². The van der Waals surface area contributed by atoms with Gasteiger partial charge in [0, 0.05) is 21.4 Å². The molecule has 0 saturated carbocycles. The van der Waals surface area contributed by atoms with Gasteiger partial charge in [0.2, 0.25) is 0 Å². The van der Waals surface area contributed by atoms with E-state index in [0.717, 1.165) is 27.1 Å². The van der Waals surface area contributed by atoms with Crippen LogP contribution in [0.4, 0.5) is 5.69 Å². The molecule has 0 aliphatic carbocycles. The van der Waals surface area contributed by atoms with E-state index in [1.165, 1.54) is 0 Å². The summed E-state index contributed by atoms with van der Waals surface area (Å²) in [4.78, 5) is 1.16. The van der Waals surface area contributed by atoms with Gasteiger partial charge in [0.25, 0.3) is 0 Å². The number of halogens is 1. The predicted molar refractivity (Wildman–Crippen MR) is 78.5 cm³/mol. The van der Waals surface area contributed by atoms with Crippen molar-refractivity contribution in [3.05, 3.63) is 53.6 Å². The van der Waals surface area contributed by atoms with Gasteiger partial charge in [-0.15, -0.1) is 11.8 Å². The molecule has 94 valence electrons. The van der Waals surface area contributed by atoms with E-state index in [2.05, 4.69) is 0 Å². The molecule has 2 aromatic rings. The van der Waals surface area contributed by atoms with Gasteiger partial charge in [-0.3, -0.25) is 0 Å². The van der Waals surface area contributed by atoms with Crippen molar-refractivity contribution in [1.82, 2.24) is 0 Å². The Bertz CT molecular complexity index is 501. The topological polar surface area (TPSA) is 35.2 Å². The average molecular weight is 280 g/mol. The molecule has 0 bridgehead atoms. The third-order valence-electron chi connectivity index (χ3n) is 2.30. The lowest BCUT2D eigenvalue weighted by Gasteiger charge is -2.06. The molecular weight excluding hydrogens is 266 g/mol. The Morgan fingerprint density at radius 3 is 2.61 bits per heavy atom. The number of benzene rings is 2. The zero-order chi connectivity index (χ0) is 12.8. The van der Waals surface area contributed by atoms with E-state index in [1.54, 1.807) is 11.8 Å². The minimum Gasteiger partial charge on any atom is -0.493 e. The van der Waals surface area contributed by atoms with E-state index in [1.807, 2.05) is 48.5 Å². The van der Waals surface area contributed by atoms with Crippen molar-refractivity contribution in [1.29, 1.82) is 0 Å². The van der Waals surface area contributed by atoms with Crippen LogP contribution >= 0.6 is 23.4 Å². The molecule has 2 aromatic carbocycles. The first kappa shape index (κ1) is 13.1. The van der Waals surface area contributed by atoms with Crippen LogP contribution in [0.15, 0.2) is 53.4 Å². The molecule has 0 aliphatic rings. The van der Waals surface area contributed by atoms with Crippen LogP contribution in [-0.4, -0.2) is 12.4 Å². The van der Waals surface area contributed by atoms with E-state index < -0.39 is 0 Å². The van der Waals surface area contributed by atoms with Gasteiger partial charge in [-0.2, -0.15) is 0 Å². The number of ether oxygens (including phenoxy) is 1. The molecule has 2 rings (SSSR count). The van der Waals surface area contributed by atoms with Crippen LogP contribution in [0.1, 0.15) is 0 Å². The minimum absolute atomic E-state index is 0.654. The lowest BCUT2D eigenvalue weighted by atomic mass is 10.3. The number of thioether (sulfide) groups is 1. The number of hydrogen-bond acceptors (Lipinski definition) is 3. The predicted octanol–water partition coefficient (Wildman–Crippen LogP) is 4.09. The highest BCUT2D eigenvalue weighted by atomic mass is 35.5. The molecule has 0 aliphatic heterocycles. The van der Waals surface area contributed by atoms with Crippen molar-refractivity contribution in [3.63, 3.8) is 0 Å². The molecule has 0 fully saturated rings. The molecule has 2 nitrogen and oxygen atoms in total. The summed E-state index contributed by atoms with van der Waals surface area (Å²) in [5.74, 6) is 1.72. The Balaban J connectivity index is 1.74. The summed E-state index contributed by atoms with van der Waals surface area (Å²) in [6.45, 7) is 0.654. The van der Waals surface area contributed by atoms with Crippen LogP contribution in [0.25, 0.3) is 0 Å². The fourth-order valence-electron chi connectivity index (χ4n) is 1.44. The molecule has 4 heteroatoms. The van der Waals surface area contributed by atoms with Crippen molar-refractivity contribution >= 4 is 29.1 Å². The van der Waals surface area contributed by atoms with Crippen molar-refractivity contribution in [2.24, 2.45) is 0 Å². The van der Waals surface area contributed by atoms with Crippen LogP contribution in [-0.2, 0) is 0 Å². The minimum atomic E-state index is 0.654. The van der Waals surface area contributed by atoms with Gasteiger partial charge in [-0.1, -0.05) is 17.7 Å². The smallest absolute Gasteiger partial charge is 0.119 e. The van der Waals surface area contributed by atoms with Crippen molar-refractivity contribution in [2.75, 3.05) is 18.1 Å². The number of hydrogen-bond donors (Lipinski definition) is 1. The summed E-state index contributed by atoms with van der Waals surface area (Å²) in [6, 6.07) is 15.2. The van der Waals surface area contributed by atoms with E-state index in [0.29, 0.717) is 6.61 Å². The van der Waals surface area contributed by atoms with Crippen molar-refractivity contribution in [2.45, 2.75) is 4.90 Å². The monoisotopic (exact) mass is 279 g/mol. The summed E-state index contributed by atoms with van der Waals surface area (Å²) in [7, 11) is 0. The van der Waals surface area contributed by atoms with Crippen LogP contribution in [0.2, 0.25) is 5.02 Å². The van der Waals surface area contributed by atoms with Crippen LogP contribution in [0.5, 0.6) is 5.75 Å². The van der Waals surface area contributed by atoms with Crippen LogP contribution in [0, 0.1) is 0 Å². The molecule has 0 spiro atoms. The number of rotatable bonds is 5. The molecule has 0 atom stereocenters. The second-order valence-electron chi connectivity index (χ2n) is 3.72. The van der Waals surface area contributed by atoms with Gasteiger partial charge in [-0.05, 0) is 42.5 Å². The zero-order valence-electron chi connectivity index (χ0n) is 9.80. The normalized spacial score (nSPS) is 10.3. The lowest BCUT2D eigenvalue weighted by molar-refractivity contribution is 0.344. The second-order valence-corrected chi connectivity index (χ2v) is 5.33. The second kappa shape index (κ2) is 6.57. The van der Waals surface area contributed by atoms with E-state index in [9.17, 15) is 0 Å². The van der Waals surface area contributed by atoms with Gasteiger partial charge < -0.3 is 10.5 Å². The summed E-state index contributed by atoms with van der Waals surface area (Å²) in [6.07, 6.45) is 0. The van der Waals surface area contributed by atoms with Gasteiger partial charge in [0.15, 0.2) is 0 Å².